The monoisotopic (exact) mass is 204 g/mol. The number of ether oxygens (including phenoxy) is 1. The van der Waals surface area contributed by atoms with Crippen LogP contribution in [-0.2, 0) is 0 Å². The van der Waals surface area contributed by atoms with Gasteiger partial charge in [0, 0.05) is 0 Å². The van der Waals surface area contributed by atoms with Crippen LogP contribution >= 0.6 is 0 Å². The second-order valence-corrected chi connectivity index (χ2v) is 2.49. The van der Waals surface area contributed by atoms with Crippen molar-refractivity contribution < 1.29 is 22.7 Å². The summed E-state index contributed by atoms with van der Waals surface area (Å²) in [5.41, 5.74) is -0.442. The molecule has 0 aliphatic rings. The van der Waals surface area contributed by atoms with Gasteiger partial charge in [-0.2, -0.15) is 0 Å². The maximum atomic E-state index is 13.0. The summed E-state index contributed by atoms with van der Waals surface area (Å²) in [6.07, 6.45) is -3.16. The first-order valence-electron chi connectivity index (χ1n) is 3.72. The van der Waals surface area contributed by atoms with E-state index in [2.05, 4.69) is 4.74 Å². The minimum Gasteiger partial charge on any atom is -0.493 e. The number of para-hydroxylation sites is 1. The molecule has 76 valence electrons. The van der Waals surface area contributed by atoms with Crippen molar-refractivity contribution in [2.24, 2.45) is 0 Å². The van der Waals surface area contributed by atoms with Crippen LogP contribution in [0.5, 0.6) is 5.75 Å². The molecule has 14 heavy (non-hydrogen) atoms. The number of hydrogen-bond acceptors (Lipinski definition) is 2. The summed E-state index contributed by atoms with van der Waals surface area (Å²) in [6, 6.07) is 3.30. The summed E-state index contributed by atoms with van der Waals surface area (Å²) < 4.78 is 41.5. The molecule has 0 radical (unpaired) electrons. The van der Waals surface area contributed by atoms with E-state index < -0.39 is 29.3 Å². The topological polar surface area (TPSA) is 26.3 Å². The van der Waals surface area contributed by atoms with Crippen molar-refractivity contribution in [1.29, 1.82) is 0 Å². The molecule has 1 aromatic rings. The number of Topliss-reactive ketones (excluding diaryl/α,β-unsaturated/α-hetero) is 1. The van der Waals surface area contributed by atoms with Crippen molar-refractivity contribution in [2.45, 2.75) is 6.43 Å². The number of hydrogen-bond donors (Lipinski definition) is 0. The Morgan fingerprint density at radius 3 is 2.57 bits per heavy atom. The Morgan fingerprint density at radius 1 is 1.43 bits per heavy atom. The van der Waals surface area contributed by atoms with Crippen LogP contribution < -0.4 is 4.74 Å². The maximum absolute atomic E-state index is 13.0. The number of methoxy groups -OCH3 is 1. The highest BCUT2D eigenvalue weighted by molar-refractivity contribution is 6.00. The Bertz CT molecular complexity index is 350. The summed E-state index contributed by atoms with van der Waals surface area (Å²) >= 11 is 0. The molecule has 0 aromatic heterocycles. The first-order valence-corrected chi connectivity index (χ1v) is 3.72. The van der Waals surface area contributed by atoms with Gasteiger partial charge in [-0.25, -0.2) is 13.2 Å². The highest BCUT2D eigenvalue weighted by Gasteiger charge is 2.23. The first kappa shape index (κ1) is 10.6. The molecule has 0 heterocycles. The predicted octanol–water partition coefficient (Wildman–Crippen LogP) is 2.28. The largest absolute Gasteiger partial charge is 0.493 e. The number of benzene rings is 1. The third-order valence-corrected chi connectivity index (χ3v) is 1.63. The van der Waals surface area contributed by atoms with Crippen LogP contribution in [0.15, 0.2) is 18.2 Å². The molecule has 5 heteroatoms. The molecule has 0 saturated carbocycles. The van der Waals surface area contributed by atoms with Crippen LogP contribution in [0.1, 0.15) is 10.4 Å². The van der Waals surface area contributed by atoms with Crippen LogP contribution in [0.3, 0.4) is 0 Å². The number of halogens is 3. The number of rotatable bonds is 3. The molecule has 0 bridgehead atoms. The fraction of sp³-hybridized carbons (Fsp3) is 0.222. The summed E-state index contributed by atoms with van der Waals surface area (Å²) in [5.74, 6) is -2.72. The van der Waals surface area contributed by atoms with Crippen molar-refractivity contribution in [3.8, 4) is 5.75 Å². The van der Waals surface area contributed by atoms with Gasteiger partial charge in [-0.05, 0) is 12.1 Å². The van der Waals surface area contributed by atoms with Crippen LogP contribution in [0.4, 0.5) is 13.2 Å². The fourth-order valence-corrected chi connectivity index (χ4v) is 1.03. The zero-order valence-corrected chi connectivity index (χ0v) is 7.26. The van der Waals surface area contributed by atoms with Crippen molar-refractivity contribution >= 4 is 5.78 Å². The standard InChI is InChI=1S/C9H7F3O2/c1-14-8-5(7(13)9(11)12)3-2-4-6(8)10/h2-4,9H,1H3. The predicted molar refractivity (Wildman–Crippen MR) is 43.3 cm³/mol. The Balaban J connectivity index is 3.20. The van der Waals surface area contributed by atoms with Gasteiger partial charge in [0.15, 0.2) is 11.6 Å². The van der Waals surface area contributed by atoms with E-state index in [1.807, 2.05) is 0 Å². The first-order chi connectivity index (χ1) is 6.57. The Kier molecular flexibility index (Phi) is 3.11. The van der Waals surface area contributed by atoms with Gasteiger partial charge in [0.05, 0.1) is 12.7 Å². The van der Waals surface area contributed by atoms with Gasteiger partial charge in [-0.1, -0.05) is 6.07 Å². The van der Waals surface area contributed by atoms with E-state index >= 15 is 0 Å². The quantitative estimate of drug-likeness (QED) is 0.706. The minimum absolute atomic E-state index is 0.442. The Hall–Kier alpha value is -1.52. The number of ketones is 1. The second-order valence-electron chi connectivity index (χ2n) is 2.49. The van der Waals surface area contributed by atoms with Gasteiger partial charge in [0.2, 0.25) is 5.78 Å². The zero-order chi connectivity index (χ0) is 10.7. The van der Waals surface area contributed by atoms with Gasteiger partial charge < -0.3 is 4.74 Å². The summed E-state index contributed by atoms with van der Waals surface area (Å²) in [4.78, 5) is 10.9. The molecule has 0 aliphatic heterocycles. The number of alkyl halides is 2. The summed E-state index contributed by atoms with van der Waals surface area (Å²) in [5, 5.41) is 0. The lowest BCUT2D eigenvalue weighted by atomic mass is 10.1. The normalized spacial score (nSPS) is 10.4. The molecule has 0 unspecified atom stereocenters. The van der Waals surface area contributed by atoms with Crippen molar-refractivity contribution in [2.75, 3.05) is 7.11 Å². The maximum Gasteiger partial charge on any atom is 0.300 e. The van der Waals surface area contributed by atoms with Gasteiger partial charge in [-0.15, -0.1) is 0 Å². The van der Waals surface area contributed by atoms with E-state index in [1.165, 1.54) is 6.07 Å². The van der Waals surface area contributed by atoms with Crippen molar-refractivity contribution in [3.63, 3.8) is 0 Å². The third-order valence-electron chi connectivity index (χ3n) is 1.63. The summed E-state index contributed by atoms with van der Waals surface area (Å²) in [7, 11) is 1.11. The molecule has 1 rings (SSSR count). The molecule has 0 aliphatic carbocycles. The molecule has 0 spiro atoms. The molecule has 2 nitrogen and oxygen atoms in total. The molecule has 0 N–H and O–H groups in total. The SMILES string of the molecule is COc1c(F)cccc1C(=O)C(F)F. The van der Waals surface area contributed by atoms with Crippen LogP contribution in [0.2, 0.25) is 0 Å². The molecular weight excluding hydrogens is 197 g/mol. The molecular formula is C9H7F3O2. The van der Waals surface area contributed by atoms with E-state index in [1.54, 1.807) is 0 Å². The van der Waals surface area contributed by atoms with Crippen molar-refractivity contribution in [1.82, 2.24) is 0 Å². The van der Waals surface area contributed by atoms with E-state index in [4.69, 9.17) is 0 Å². The van der Waals surface area contributed by atoms with Gasteiger partial charge in [0.25, 0.3) is 0 Å². The lowest BCUT2D eigenvalue weighted by molar-refractivity contribution is 0.0674. The van der Waals surface area contributed by atoms with E-state index in [0.717, 1.165) is 19.2 Å². The van der Waals surface area contributed by atoms with Gasteiger partial charge in [-0.3, -0.25) is 4.79 Å². The Morgan fingerprint density at radius 2 is 2.07 bits per heavy atom. The minimum atomic E-state index is -3.16. The van der Waals surface area contributed by atoms with Crippen LogP contribution in [-0.4, -0.2) is 19.3 Å². The lowest BCUT2D eigenvalue weighted by Crippen LogP contribution is -2.12. The number of carbonyl (C=O) groups excluding carboxylic acids is 1. The second kappa shape index (κ2) is 4.13. The lowest BCUT2D eigenvalue weighted by Gasteiger charge is -2.07. The molecule has 0 amide bonds. The third kappa shape index (κ3) is 1.86. The van der Waals surface area contributed by atoms with Gasteiger partial charge in [0.1, 0.15) is 0 Å². The van der Waals surface area contributed by atoms with E-state index in [9.17, 15) is 18.0 Å². The average Bonchev–Trinajstić information content (AvgIpc) is 2.16. The van der Waals surface area contributed by atoms with Gasteiger partial charge >= 0.3 is 6.43 Å². The van der Waals surface area contributed by atoms with Crippen LogP contribution in [0, 0.1) is 5.82 Å². The molecule has 0 atom stereocenters. The fourth-order valence-electron chi connectivity index (χ4n) is 1.03. The smallest absolute Gasteiger partial charge is 0.300 e. The average molecular weight is 204 g/mol. The number of carbonyl (C=O) groups is 1. The Labute approximate surface area is 78.3 Å². The van der Waals surface area contributed by atoms with Crippen molar-refractivity contribution in [3.05, 3.63) is 29.6 Å². The van der Waals surface area contributed by atoms with E-state index in [0.29, 0.717) is 0 Å². The highest BCUT2D eigenvalue weighted by atomic mass is 19.3. The molecule has 0 saturated heterocycles. The zero-order valence-electron chi connectivity index (χ0n) is 7.26. The molecule has 1 aromatic carbocycles. The van der Waals surface area contributed by atoms with E-state index in [-0.39, 0.29) is 0 Å². The highest BCUT2D eigenvalue weighted by Crippen LogP contribution is 2.24. The molecule has 0 fully saturated rings. The van der Waals surface area contributed by atoms with Crippen LogP contribution in [0.25, 0.3) is 0 Å². The summed E-state index contributed by atoms with van der Waals surface area (Å²) in [6.45, 7) is 0.